The molecule has 0 amide bonds. The van der Waals surface area contributed by atoms with Gasteiger partial charge in [0, 0.05) is 46.6 Å². The van der Waals surface area contributed by atoms with Crippen molar-refractivity contribution in [3.63, 3.8) is 0 Å². The Bertz CT molecular complexity index is 1930. The van der Waals surface area contributed by atoms with Crippen molar-refractivity contribution in [3.8, 4) is 22.5 Å². The zero-order chi connectivity index (χ0) is 31.9. The minimum atomic E-state index is -1.52. The van der Waals surface area contributed by atoms with E-state index in [1.54, 1.807) is 0 Å². The number of pyridine rings is 2. The van der Waals surface area contributed by atoms with Gasteiger partial charge in [-0.1, -0.05) is 100.0 Å². The zero-order valence-corrected chi connectivity index (χ0v) is 32.4. The van der Waals surface area contributed by atoms with Crippen LogP contribution >= 0.6 is 11.3 Å². The van der Waals surface area contributed by atoms with Gasteiger partial charge in [-0.2, -0.15) is 11.3 Å². The summed E-state index contributed by atoms with van der Waals surface area (Å²) in [5.41, 5.74) is 6.38. The Morgan fingerprint density at radius 1 is 0.818 bits per heavy atom. The largest absolute Gasteiger partial charge is 0.305 e. The molecule has 0 unspecified atom stereocenters. The number of rotatable bonds is 5. The van der Waals surface area contributed by atoms with Gasteiger partial charge in [-0.3, -0.25) is 0 Å². The molecule has 6 aromatic rings. The molecule has 0 bridgehead atoms. The minimum Gasteiger partial charge on any atom is -0.305 e. The molecule has 0 saturated carbocycles. The monoisotopic (exact) mass is 808 g/mol. The smallest absolute Gasteiger partial charge is 0.0798 e. The van der Waals surface area contributed by atoms with E-state index in [0.29, 0.717) is 0 Å². The third-order valence-electron chi connectivity index (χ3n) is 7.76. The van der Waals surface area contributed by atoms with E-state index in [9.17, 15) is 0 Å². The number of aryl methyl sites for hydroxylation is 1. The van der Waals surface area contributed by atoms with Crippen molar-refractivity contribution in [2.45, 2.75) is 65.9 Å². The maximum atomic E-state index is 8.37. The van der Waals surface area contributed by atoms with Crippen molar-refractivity contribution < 1.29 is 21.5 Å². The van der Waals surface area contributed by atoms with Gasteiger partial charge in [0.2, 0.25) is 0 Å². The molecule has 0 aliphatic heterocycles. The molecule has 0 spiro atoms. The molecule has 44 heavy (non-hydrogen) atoms. The molecule has 0 aliphatic rings. The Balaban J connectivity index is 0.000000222. The van der Waals surface area contributed by atoms with Crippen LogP contribution in [0.2, 0.25) is 39.3 Å². The first kappa shape index (κ1) is 32.7. The fourth-order valence-corrected chi connectivity index (χ4v) is 10.0. The van der Waals surface area contributed by atoms with Crippen molar-refractivity contribution in [1.82, 2.24) is 9.97 Å². The van der Waals surface area contributed by atoms with Crippen LogP contribution in [-0.2, 0) is 20.1 Å². The van der Waals surface area contributed by atoms with Crippen LogP contribution in [0.25, 0.3) is 42.7 Å². The minimum absolute atomic E-state index is 0. The molecule has 0 saturated heterocycles. The van der Waals surface area contributed by atoms with Crippen LogP contribution in [0.1, 0.15) is 32.2 Å². The Kier molecular flexibility index (Phi) is 10.2. The summed E-state index contributed by atoms with van der Waals surface area (Å²) in [6.07, 6.45) is 3.87. The third kappa shape index (κ3) is 7.38. The summed E-state index contributed by atoms with van der Waals surface area (Å²) >= 11 is 1.83. The number of fused-ring (bicyclic) bond motifs is 3. The van der Waals surface area contributed by atoms with Crippen LogP contribution < -0.4 is 10.4 Å². The first-order valence-corrected chi connectivity index (χ1v) is 22.7. The van der Waals surface area contributed by atoms with Gasteiger partial charge in [-0.05, 0) is 51.6 Å². The van der Waals surface area contributed by atoms with Crippen molar-refractivity contribution in [1.29, 1.82) is 0 Å². The first-order valence-electron chi connectivity index (χ1n) is 15.4. The zero-order valence-electron chi connectivity index (χ0n) is 28.2. The fraction of sp³-hybridized carbons (Fsp3) is 0.263. The van der Waals surface area contributed by atoms with E-state index in [1.807, 2.05) is 55.6 Å². The fourth-order valence-electron chi connectivity index (χ4n) is 5.47. The van der Waals surface area contributed by atoms with Crippen molar-refractivity contribution in [3.05, 3.63) is 108 Å². The summed E-state index contributed by atoms with van der Waals surface area (Å²) in [5.74, 6) is -0.644. The summed E-state index contributed by atoms with van der Waals surface area (Å²) in [6.45, 7) is 20.2. The van der Waals surface area contributed by atoms with E-state index in [-0.39, 0.29) is 20.1 Å². The van der Waals surface area contributed by atoms with E-state index in [0.717, 1.165) is 28.1 Å². The molecular weight excluding hydrogens is 765 g/mol. The average molecular weight is 808 g/mol. The van der Waals surface area contributed by atoms with Gasteiger partial charge in [0.25, 0.3) is 0 Å². The molecule has 0 N–H and O–H groups in total. The molecular formula is C38H42IrN2SSi2-2. The predicted octanol–water partition coefficient (Wildman–Crippen LogP) is 9.99. The van der Waals surface area contributed by atoms with Gasteiger partial charge in [-0.15, -0.1) is 58.8 Å². The molecule has 0 atom stereocenters. The molecule has 6 rings (SSSR count). The molecule has 3 aromatic heterocycles. The predicted molar refractivity (Wildman–Crippen MR) is 195 cm³/mol. The van der Waals surface area contributed by atoms with Gasteiger partial charge in [0.15, 0.2) is 0 Å². The molecule has 0 aliphatic carbocycles. The van der Waals surface area contributed by atoms with Crippen LogP contribution in [-0.4, -0.2) is 26.1 Å². The third-order valence-corrected chi connectivity index (χ3v) is 13.1. The molecule has 1 radical (unpaired) electrons. The first-order chi connectivity index (χ1) is 20.6. The van der Waals surface area contributed by atoms with Crippen LogP contribution in [0.15, 0.2) is 85.2 Å². The van der Waals surface area contributed by atoms with E-state index in [4.69, 9.17) is 1.37 Å². The summed E-state index contributed by atoms with van der Waals surface area (Å²) in [4.78, 5) is 9.22. The molecule has 229 valence electrons. The summed E-state index contributed by atoms with van der Waals surface area (Å²) < 4.78 is 10.9. The van der Waals surface area contributed by atoms with Crippen LogP contribution in [0.3, 0.4) is 0 Å². The maximum Gasteiger partial charge on any atom is 0.0798 e. The van der Waals surface area contributed by atoms with Gasteiger partial charge in [0.1, 0.15) is 0 Å². The van der Waals surface area contributed by atoms with E-state index >= 15 is 0 Å². The second kappa shape index (κ2) is 13.7. The number of nitrogens with zero attached hydrogens (tertiary/aromatic N) is 2. The number of thiophene rings is 1. The topological polar surface area (TPSA) is 25.8 Å². The van der Waals surface area contributed by atoms with Crippen molar-refractivity contribution >= 4 is 58.0 Å². The van der Waals surface area contributed by atoms with Gasteiger partial charge < -0.3 is 9.97 Å². The SMILES string of the molecule is Cc1cc(-c2[c-]cccc2)ncc1[Si](C)(C)C.[2H]C(C)(C)c1ccnc(-c2[c-]cc([Si](C)(C)C)c3c2sc2ccccc23)c1.[Ir]. The number of hydrogen-bond acceptors (Lipinski definition) is 3. The second-order valence-corrected chi connectivity index (χ2v) is 24.6. The van der Waals surface area contributed by atoms with Gasteiger partial charge in [0.05, 0.1) is 8.07 Å². The van der Waals surface area contributed by atoms with Gasteiger partial charge in [-0.25, -0.2) is 0 Å². The molecule has 0 fully saturated rings. The Morgan fingerprint density at radius 2 is 1.52 bits per heavy atom. The van der Waals surface area contributed by atoms with Crippen molar-refractivity contribution in [2.75, 3.05) is 0 Å². The number of hydrogen-bond donors (Lipinski definition) is 0. The second-order valence-electron chi connectivity index (χ2n) is 13.5. The molecule has 3 aromatic carbocycles. The van der Waals surface area contributed by atoms with Crippen LogP contribution in [0.5, 0.6) is 0 Å². The van der Waals surface area contributed by atoms with Gasteiger partial charge >= 0.3 is 0 Å². The average Bonchev–Trinajstić information content (AvgIpc) is 3.35. The number of aromatic nitrogens is 2. The van der Waals surface area contributed by atoms with Crippen molar-refractivity contribution in [2.24, 2.45) is 0 Å². The molecule has 6 heteroatoms. The van der Waals surface area contributed by atoms with Crippen LogP contribution in [0, 0.1) is 19.1 Å². The standard InChI is InChI=1S/C23H24NSSi.C15H18NSi.Ir/c1-15(2)16-12-13-24-19(14-16)17-10-11-21(26(3,4)5)22-18-8-6-7-9-20(18)25-23(17)22;1-12-10-14(13-8-6-5-7-9-13)16-11-15(12)17(2,3)4;/h6-9,11-15H,1-5H3;5-8,10-11H,1-4H3;/q2*-1;/i15D;;. The molecule has 2 nitrogen and oxygen atoms in total. The van der Waals surface area contributed by atoms with E-state index in [2.05, 4.69) is 123 Å². The van der Waals surface area contributed by atoms with Crippen LogP contribution in [0.4, 0.5) is 0 Å². The number of benzene rings is 3. The quantitative estimate of drug-likeness (QED) is 0.128. The van der Waals surface area contributed by atoms with E-state index in [1.165, 1.54) is 36.1 Å². The summed E-state index contributed by atoms with van der Waals surface area (Å²) in [6, 6.07) is 31.8. The Morgan fingerprint density at radius 3 is 2.16 bits per heavy atom. The summed E-state index contributed by atoms with van der Waals surface area (Å²) in [7, 11) is -2.79. The Hall–Kier alpha value is -2.74. The maximum absolute atomic E-state index is 8.37. The summed E-state index contributed by atoms with van der Waals surface area (Å²) in [5, 5.41) is 5.61. The normalized spacial score (nSPS) is 12.3. The molecule has 3 heterocycles. The van der Waals surface area contributed by atoms with E-state index < -0.39 is 22.0 Å². The Labute approximate surface area is 284 Å².